The SMILES string of the molecule is CSc1nc(N2C[C@H]3CC[C@@H](C2)N3C(=O)OC(C)(C)C)c2c(=O)oc(Cl)cc2n1. The lowest BCUT2D eigenvalue weighted by molar-refractivity contribution is 0.0123. The maximum atomic E-state index is 12.7. The molecular weight excluding hydrogens is 416 g/mol. The highest BCUT2D eigenvalue weighted by Gasteiger charge is 2.45. The summed E-state index contributed by atoms with van der Waals surface area (Å²) in [5.41, 5.74) is -0.637. The molecule has 10 heteroatoms. The van der Waals surface area contributed by atoms with Crippen molar-refractivity contribution in [1.29, 1.82) is 0 Å². The first-order valence-electron chi connectivity index (χ1n) is 9.48. The summed E-state index contributed by atoms with van der Waals surface area (Å²) in [6, 6.07) is 1.55. The number of nitrogens with zero attached hydrogens (tertiary/aromatic N) is 4. The summed E-state index contributed by atoms with van der Waals surface area (Å²) in [6.45, 7) is 6.73. The van der Waals surface area contributed by atoms with Gasteiger partial charge in [0.25, 0.3) is 0 Å². The second kappa shape index (κ2) is 7.36. The number of amides is 1. The molecule has 0 radical (unpaired) electrons. The normalized spacial score (nSPS) is 21.7. The lowest BCUT2D eigenvalue weighted by atomic mass is 10.1. The standard InChI is InChI=1S/C19H23ClN4O4S/c1-19(2,3)28-18(26)24-10-5-6-11(24)9-23(8-10)15-14-12(21-17(22-15)29-4)7-13(20)27-16(14)25/h7,10-11H,5-6,8-9H2,1-4H3/t10-,11+. The number of hydrogen-bond acceptors (Lipinski definition) is 8. The van der Waals surface area contributed by atoms with Crippen LogP contribution in [0.2, 0.25) is 5.22 Å². The van der Waals surface area contributed by atoms with E-state index in [-0.39, 0.29) is 23.4 Å². The fourth-order valence-corrected chi connectivity index (χ4v) is 4.57. The van der Waals surface area contributed by atoms with E-state index in [1.807, 2.05) is 31.9 Å². The highest BCUT2D eigenvalue weighted by molar-refractivity contribution is 7.98. The van der Waals surface area contributed by atoms with E-state index in [0.29, 0.717) is 35.0 Å². The molecule has 0 N–H and O–H groups in total. The molecule has 2 atom stereocenters. The van der Waals surface area contributed by atoms with Gasteiger partial charge in [-0.2, -0.15) is 0 Å². The van der Waals surface area contributed by atoms with E-state index in [1.165, 1.54) is 17.8 Å². The average Bonchev–Trinajstić information content (AvgIpc) is 2.89. The number of anilines is 1. The number of hydrogen-bond donors (Lipinski definition) is 0. The number of carbonyl (C=O) groups excluding carboxylic acids is 1. The predicted molar refractivity (Wildman–Crippen MR) is 112 cm³/mol. The van der Waals surface area contributed by atoms with Crippen molar-refractivity contribution in [3.05, 3.63) is 21.7 Å². The molecular formula is C19H23ClN4O4S. The van der Waals surface area contributed by atoms with Crippen molar-refractivity contribution < 1.29 is 13.9 Å². The maximum absolute atomic E-state index is 12.7. The highest BCUT2D eigenvalue weighted by atomic mass is 35.5. The summed E-state index contributed by atoms with van der Waals surface area (Å²) < 4.78 is 10.7. The Morgan fingerprint density at radius 1 is 1.28 bits per heavy atom. The highest BCUT2D eigenvalue weighted by Crippen LogP contribution is 2.35. The van der Waals surface area contributed by atoms with Crippen molar-refractivity contribution in [2.24, 2.45) is 0 Å². The molecule has 4 heterocycles. The van der Waals surface area contributed by atoms with Gasteiger partial charge in [0.2, 0.25) is 0 Å². The molecule has 0 saturated carbocycles. The molecule has 4 rings (SSSR count). The Hall–Kier alpha value is -2.00. The summed E-state index contributed by atoms with van der Waals surface area (Å²) in [4.78, 5) is 38.1. The second-order valence-corrected chi connectivity index (χ2v) is 9.46. The Bertz CT molecular complexity index is 1010. The van der Waals surface area contributed by atoms with Gasteiger partial charge in [-0.3, -0.25) is 4.90 Å². The van der Waals surface area contributed by atoms with Gasteiger partial charge in [-0.1, -0.05) is 11.8 Å². The van der Waals surface area contributed by atoms with Gasteiger partial charge >= 0.3 is 11.7 Å². The minimum atomic E-state index is -0.558. The van der Waals surface area contributed by atoms with E-state index in [1.54, 1.807) is 0 Å². The smallest absolute Gasteiger partial charge is 0.410 e. The number of ether oxygens (including phenoxy) is 1. The Balaban J connectivity index is 1.69. The number of piperazine rings is 1. The van der Waals surface area contributed by atoms with Crippen LogP contribution in [0.15, 0.2) is 20.4 Å². The summed E-state index contributed by atoms with van der Waals surface area (Å²) in [7, 11) is 0. The minimum Gasteiger partial charge on any atom is -0.444 e. The molecule has 2 aliphatic rings. The minimum absolute atomic E-state index is 0.00526. The van der Waals surface area contributed by atoms with E-state index in [4.69, 9.17) is 20.8 Å². The predicted octanol–water partition coefficient (Wildman–Crippen LogP) is 3.55. The molecule has 0 aliphatic carbocycles. The van der Waals surface area contributed by atoms with E-state index < -0.39 is 11.2 Å². The fourth-order valence-electron chi connectivity index (χ4n) is 4.03. The number of fused-ring (bicyclic) bond motifs is 3. The molecule has 0 aromatic carbocycles. The van der Waals surface area contributed by atoms with Gasteiger partial charge in [0.1, 0.15) is 16.8 Å². The summed E-state index contributed by atoms with van der Waals surface area (Å²) in [5.74, 6) is 0.533. The number of rotatable bonds is 2. The lowest BCUT2D eigenvalue weighted by Crippen LogP contribution is -2.57. The van der Waals surface area contributed by atoms with E-state index >= 15 is 0 Å². The van der Waals surface area contributed by atoms with Gasteiger partial charge in [0.15, 0.2) is 10.4 Å². The summed E-state index contributed by atoms with van der Waals surface area (Å²) in [6.07, 6.45) is 3.37. The molecule has 156 valence electrons. The molecule has 8 nitrogen and oxygen atoms in total. The average molecular weight is 439 g/mol. The van der Waals surface area contributed by atoms with Gasteiger partial charge in [0, 0.05) is 19.2 Å². The van der Waals surface area contributed by atoms with Crippen LogP contribution in [-0.4, -0.2) is 58.0 Å². The Morgan fingerprint density at radius 2 is 1.93 bits per heavy atom. The molecule has 2 bridgehead atoms. The van der Waals surface area contributed by atoms with Crippen molar-refractivity contribution in [2.45, 2.75) is 56.5 Å². The van der Waals surface area contributed by atoms with Gasteiger partial charge in [-0.05, 0) is 51.5 Å². The van der Waals surface area contributed by atoms with E-state index in [0.717, 1.165) is 12.8 Å². The lowest BCUT2D eigenvalue weighted by Gasteiger charge is -2.41. The zero-order valence-electron chi connectivity index (χ0n) is 16.8. The van der Waals surface area contributed by atoms with Crippen molar-refractivity contribution in [3.63, 3.8) is 0 Å². The molecule has 0 unspecified atom stereocenters. The van der Waals surface area contributed by atoms with Crippen LogP contribution in [0.3, 0.4) is 0 Å². The molecule has 0 spiro atoms. The van der Waals surface area contributed by atoms with Crippen molar-refractivity contribution in [2.75, 3.05) is 24.2 Å². The van der Waals surface area contributed by atoms with Gasteiger partial charge in [-0.15, -0.1) is 0 Å². The number of thioether (sulfide) groups is 1. The first kappa shape index (κ1) is 20.3. The van der Waals surface area contributed by atoms with Crippen LogP contribution in [0.1, 0.15) is 33.6 Å². The first-order valence-corrected chi connectivity index (χ1v) is 11.1. The number of carbonyl (C=O) groups is 1. The van der Waals surface area contributed by atoms with Gasteiger partial charge in [0.05, 0.1) is 17.6 Å². The topological polar surface area (TPSA) is 88.8 Å². The van der Waals surface area contributed by atoms with Gasteiger partial charge in [-0.25, -0.2) is 19.6 Å². The van der Waals surface area contributed by atoms with E-state index in [2.05, 4.69) is 14.9 Å². The van der Waals surface area contributed by atoms with Crippen LogP contribution in [0.25, 0.3) is 10.9 Å². The molecule has 29 heavy (non-hydrogen) atoms. The number of halogens is 1. The summed E-state index contributed by atoms with van der Waals surface area (Å²) in [5, 5.41) is 0.863. The largest absolute Gasteiger partial charge is 0.444 e. The van der Waals surface area contributed by atoms with Gasteiger partial charge < -0.3 is 14.1 Å². The third-order valence-electron chi connectivity index (χ3n) is 5.11. The zero-order valence-corrected chi connectivity index (χ0v) is 18.3. The maximum Gasteiger partial charge on any atom is 0.410 e. The Morgan fingerprint density at radius 3 is 2.52 bits per heavy atom. The van der Waals surface area contributed by atoms with Crippen molar-refractivity contribution in [1.82, 2.24) is 14.9 Å². The Kier molecular flexibility index (Phi) is 5.14. The molecule has 1 amide bonds. The zero-order chi connectivity index (χ0) is 20.9. The third kappa shape index (κ3) is 3.90. The third-order valence-corrected chi connectivity index (χ3v) is 5.84. The van der Waals surface area contributed by atoms with Crippen LogP contribution >= 0.6 is 23.4 Å². The van der Waals surface area contributed by atoms with Crippen LogP contribution in [0.5, 0.6) is 0 Å². The molecule has 2 aliphatic heterocycles. The molecule has 2 aromatic rings. The molecule has 2 saturated heterocycles. The Labute approximate surface area is 177 Å². The first-order chi connectivity index (χ1) is 13.7. The van der Waals surface area contributed by atoms with Crippen molar-refractivity contribution >= 4 is 46.2 Å². The van der Waals surface area contributed by atoms with E-state index in [9.17, 15) is 9.59 Å². The monoisotopic (exact) mass is 438 g/mol. The number of aromatic nitrogens is 2. The van der Waals surface area contributed by atoms with Crippen LogP contribution in [0.4, 0.5) is 10.6 Å². The van der Waals surface area contributed by atoms with Crippen molar-refractivity contribution in [3.8, 4) is 0 Å². The van der Waals surface area contributed by atoms with Crippen LogP contribution in [0, 0.1) is 0 Å². The second-order valence-electron chi connectivity index (χ2n) is 8.31. The fraction of sp³-hybridized carbons (Fsp3) is 0.579. The van der Waals surface area contributed by atoms with Crippen LogP contribution < -0.4 is 10.5 Å². The molecule has 2 fully saturated rings. The summed E-state index contributed by atoms with van der Waals surface area (Å²) >= 11 is 7.31. The van der Waals surface area contributed by atoms with Crippen LogP contribution in [-0.2, 0) is 4.74 Å². The molecule has 2 aromatic heterocycles. The quantitative estimate of drug-likeness (QED) is 0.519.